The number of ether oxygens (including phenoxy) is 1. The lowest BCUT2D eigenvalue weighted by Gasteiger charge is -2.47. The van der Waals surface area contributed by atoms with Crippen LogP contribution in [0, 0.1) is 17.8 Å². The molecule has 2 aliphatic carbocycles. The first-order valence-electron chi connectivity index (χ1n) is 6.41. The van der Waals surface area contributed by atoms with Crippen molar-refractivity contribution in [3.63, 3.8) is 0 Å². The highest BCUT2D eigenvalue weighted by molar-refractivity contribution is 5.82. The van der Waals surface area contributed by atoms with Crippen molar-refractivity contribution < 1.29 is 9.53 Å². The Labute approximate surface area is 97.9 Å². The average Bonchev–Trinajstić information content (AvgIpc) is 2.98. The number of nitrogens with one attached hydrogen (secondary N) is 1. The number of esters is 1. The Morgan fingerprint density at radius 3 is 2.50 bits per heavy atom. The van der Waals surface area contributed by atoms with E-state index in [1.165, 1.54) is 20.0 Å². The second-order valence-corrected chi connectivity index (χ2v) is 5.81. The normalized spacial score (nSPS) is 33.6. The highest BCUT2D eigenvalue weighted by Crippen LogP contribution is 2.43. The molecule has 2 fully saturated rings. The van der Waals surface area contributed by atoms with Crippen LogP contribution in [0.2, 0.25) is 0 Å². The highest BCUT2D eigenvalue weighted by Gasteiger charge is 2.51. The summed E-state index contributed by atoms with van der Waals surface area (Å²) in [5.74, 6) is 2.08. The lowest BCUT2D eigenvalue weighted by Crippen LogP contribution is -2.62. The molecule has 2 aliphatic rings. The monoisotopic (exact) mass is 225 g/mol. The number of carbonyl (C=O) groups is 1. The van der Waals surface area contributed by atoms with Gasteiger partial charge >= 0.3 is 5.97 Å². The van der Waals surface area contributed by atoms with E-state index in [1.807, 2.05) is 0 Å². The summed E-state index contributed by atoms with van der Waals surface area (Å²) >= 11 is 0. The molecule has 92 valence electrons. The fourth-order valence-electron chi connectivity index (χ4n) is 2.55. The predicted octanol–water partition coefficient (Wildman–Crippen LogP) is 1.96. The maximum atomic E-state index is 11.8. The molecule has 0 aromatic heterocycles. The Bertz CT molecular complexity index is 260. The van der Waals surface area contributed by atoms with Crippen LogP contribution in [-0.2, 0) is 9.53 Å². The van der Waals surface area contributed by atoms with Gasteiger partial charge in [-0.2, -0.15) is 0 Å². The molecule has 0 amide bonds. The van der Waals surface area contributed by atoms with Crippen molar-refractivity contribution in [1.82, 2.24) is 5.32 Å². The quantitative estimate of drug-likeness (QED) is 0.727. The summed E-state index contributed by atoms with van der Waals surface area (Å²) in [4.78, 5) is 11.8. The molecule has 3 nitrogen and oxygen atoms in total. The van der Waals surface area contributed by atoms with Gasteiger partial charge in [-0.1, -0.05) is 13.8 Å². The largest absolute Gasteiger partial charge is 0.468 e. The number of methoxy groups -OCH3 is 1. The molecule has 0 saturated heterocycles. The van der Waals surface area contributed by atoms with Gasteiger partial charge in [-0.05, 0) is 50.0 Å². The van der Waals surface area contributed by atoms with E-state index in [9.17, 15) is 4.79 Å². The zero-order chi connectivity index (χ0) is 11.8. The fourth-order valence-corrected chi connectivity index (χ4v) is 2.55. The maximum absolute atomic E-state index is 11.8. The van der Waals surface area contributed by atoms with Crippen molar-refractivity contribution in [2.24, 2.45) is 17.8 Å². The first-order chi connectivity index (χ1) is 7.57. The minimum atomic E-state index is -0.355. The van der Waals surface area contributed by atoms with Gasteiger partial charge in [0.05, 0.1) is 7.11 Å². The van der Waals surface area contributed by atoms with Gasteiger partial charge in [0.25, 0.3) is 0 Å². The summed E-state index contributed by atoms with van der Waals surface area (Å²) in [7, 11) is 1.49. The van der Waals surface area contributed by atoms with Crippen LogP contribution in [0.15, 0.2) is 0 Å². The van der Waals surface area contributed by atoms with Gasteiger partial charge < -0.3 is 10.1 Å². The summed E-state index contributed by atoms with van der Waals surface area (Å²) in [5, 5.41) is 3.46. The van der Waals surface area contributed by atoms with E-state index in [2.05, 4.69) is 19.2 Å². The van der Waals surface area contributed by atoms with Crippen LogP contribution in [0.1, 0.15) is 39.5 Å². The summed E-state index contributed by atoms with van der Waals surface area (Å²) in [6.45, 7) is 5.44. The van der Waals surface area contributed by atoms with Crippen molar-refractivity contribution in [3.8, 4) is 0 Å². The van der Waals surface area contributed by atoms with E-state index in [4.69, 9.17) is 4.74 Å². The first kappa shape index (κ1) is 11.9. The van der Waals surface area contributed by atoms with Crippen LogP contribution in [0.5, 0.6) is 0 Å². The lowest BCUT2D eigenvalue weighted by molar-refractivity contribution is -0.156. The molecule has 0 atom stereocenters. The third-order valence-electron chi connectivity index (χ3n) is 4.17. The van der Waals surface area contributed by atoms with E-state index in [0.29, 0.717) is 11.8 Å². The minimum Gasteiger partial charge on any atom is -0.468 e. The van der Waals surface area contributed by atoms with Crippen LogP contribution in [0.4, 0.5) is 0 Å². The lowest BCUT2D eigenvalue weighted by atomic mass is 9.64. The van der Waals surface area contributed by atoms with Crippen LogP contribution >= 0.6 is 0 Å². The van der Waals surface area contributed by atoms with Gasteiger partial charge in [-0.3, -0.25) is 4.79 Å². The second-order valence-electron chi connectivity index (χ2n) is 5.81. The van der Waals surface area contributed by atoms with Crippen molar-refractivity contribution in [3.05, 3.63) is 0 Å². The van der Waals surface area contributed by atoms with Crippen molar-refractivity contribution in [2.75, 3.05) is 13.7 Å². The van der Waals surface area contributed by atoms with Gasteiger partial charge in [0, 0.05) is 0 Å². The van der Waals surface area contributed by atoms with Gasteiger partial charge in [0.2, 0.25) is 0 Å². The molecule has 0 aliphatic heterocycles. The summed E-state index contributed by atoms with van der Waals surface area (Å²) in [6.07, 6.45) is 4.53. The molecular weight excluding hydrogens is 202 g/mol. The van der Waals surface area contributed by atoms with E-state index >= 15 is 0 Å². The van der Waals surface area contributed by atoms with E-state index < -0.39 is 0 Å². The Morgan fingerprint density at radius 2 is 2.06 bits per heavy atom. The van der Waals surface area contributed by atoms with Crippen LogP contribution in [0.25, 0.3) is 0 Å². The first-order valence-corrected chi connectivity index (χ1v) is 6.41. The average molecular weight is 225 g/mol. The topological polar surface area (TPSA) is 38.3 Å². The molecule has 0 spiro atoms. The predicted molar refractivity (Wildman–Crippen MR) is 63.0 cm³/mol. The Hall–Kier alpha value is -0.570. The molecule has 0 radical (unpaired) electrons. The Kier molecular flexibility index (Phi) is 3.24. The summed E-state index contributed by atoms with van der Waals surface area (Å²) in [6, 6.07) is 0. The van der Waals surface area contributed by atoms with Crippen molar-refractivity contribution in [1.29, 1.82) is 0 Å². The van der Waals surface area contributed by atoms with Crippen molar-refractivity contribution in [2.45, 2.75) is 45.1 Å². The summed E-state index contributed by atoms with van der Waals surface area (Å²) in [5.41, 5.74) is -0.355. The molecule has 16 heavy (non-hydrogen) atoms. The van der Waals surface area contributed by atoms with Crippen LogP contribution in [0.3, 0.4) is 0 Å². The zero-order valence-corrected chi connectivity index (χ0v) is 10.6. The van der Waals surface area contributed by atoms with Crippen LogP contribution < -0.4 is 5.32 Å². The Morgan fingerprint density at radius 1 is 1.44 bits per heavy atom. The molecule has 0 bridgehead atoms. The Balaban J connectivity index is 1.90. The SMILES string of the molecule is COC(=O)C1(NCC2CC2)CC(C(C)C)C1. The molecule has 0 aromatic carbocycles. The van der Waals surface area contributed by atoms with E-state index in [-0.39, 0.29) is 11.5 Å². The second kappa shape index (κ2) is 4.36. The highest BCUT2D eigenvalue weighted by atomic mass is 16.5. The third kappa shape index (κ3) is 2.24. The standard InChI is InChI=1S/C13H23NO2/c1-9(2)11-6-13(7-11,12(15)16-3)14-8-10-4-5-10/h9-11,14H,4-8H2,1-3H3. The van der Waals surface area contributed by atoms with E-state index in [1.54, 1.807) is 0 Å². The van der Waals surface area contributed by atoms with Gasteiger partial charge in [0.1, 0.15) is 5.54 Å². The molecule has 1 N–H and O–H groups in total. The molecular formula is C13H23NO2. The van der Waals surface area contributed by atoms with Gasteiger partial charge in [-0.15, -0.1) is 0 Å². The van der Waals surface area contributed by atoms with Gasteiger partial charge in [-0.25, -0.2) is 0 Å². The molecule has 0 heterocycles. The zero-order valence-electron chi connectivity index (χ0n) is 10.6. The maximum Gasteiger partial charge on any atom is 0.326 e. The molecule has 0 unspecified atom stereocenters. The number of hydrogen-bond acceptors (Lipinski definition) is 3. The number of rotatable bonds is 5. The molecule has 3 heteroatoms. The molecule has 0 aromatic rings. The number of hydrogen-bond donors (Lipinski definition) is 1. The van der Waals surface area contributed by atoms with Gasteiger partial charge in [0.15, 0.2) is 0 Å². The minimum absolute atomic E-state index is 0.0648. The van der Waals surface area contributed by atoms with Crippen LogP contribution in [-0.4, -0.2) is 25.2 Å². The fraction of sp³-hybridized carbons (Fsp3) is 0.923. The molecule has 2 saturated carbocycles. The van der Waals surface area contributed by atoms with Crippen molar-refractivity contribution >= 4 is 5.97 Å². The molecule has 2 rings (SSSR count). The van der Waals surface area contributed by atoms with E-state index in [0.717, 1.165) is 25.3 Å². The third-order valence-corrected chi connectivity index (χ3v) is 4.17. The smallest absolute Gasteiger partial charge is 0.326 e. The number of carbonyl (C=O) groups excluding carboxylic acids is 1. The summed E-state index contributed by atoms with van der Waals surface area (Å²) < 4.78 is 4.94.